The number of hydrazine groups is 1. The Kier molecular flexibility index (Phi) is 4.34. The van der Waals surface area contributed by atoms with Crippen molar-refractivity contribution >= 4 is 27.3 Å². The number of hydrogen-bond acceptors (Lipinski definition) is 6. The molecule has 0 unspecified atom stereocenters. The number of nitrogens with zero attached hydrogens (tertiary/aromatic N) is 3. The number of nitrogens with two attached hydrogens (primary N) is 1. The maximum Gasteiger partial charge on any atom is 0.289 e. The van der Waals surface area contributed by atoms with E-state index >= 15 is 0 Å². The Morgan fingerprint density at radius 1 is 1.57 bits per heavy atom. The average molecular weight is 354 g/mol. The smallest absolute Gasteiger partial charge is 0.289 e. The van der Waals surface area contributed by atoms with E-state index in [1.54, 1.807) is 12.1 Å². The molecule has 2 aromatic heterocycles. The van der Waals surface area contributed by atoms with E-state index in [-0.39, 0.29) is 22.3 Å². The minimum absolute atomic E-state index is 0.105. The third kappa shape index (κ3) is 3.09. The predicted octanol–water partition coefficient (Wildman–Crippen LogP) is 1.56. The van der Waals surface area contributed by atoms with Crippen LogP contribution < -0.4 is 16.8 Å². The molecule has 0 radical (unpaired) electrons. The highest BCUT2D eigenvalue weighted by molar-refractivity contribution is 9.10. The molecule has 8 nitrogen and oxygen atoms in total. The topological polar surface area (TPSA) is 116 Å². The fourth-order valence-corrected chi connectivity index (χ4v) is 2.26. The Morgan fingerprint density at radius 2 is 2.29 bits per heavy atom. The summed E-state index contributed by atoms with van der Waals surface area (Å²) in [5.74, 6) is 5.31. The molecular formula is C12H12BrN5O3. The molecule has 21 heavy (non-hydrogen) atoms. The third-order valence-corrected chi connectivity index (χ3v) is 3.89. The van der Waals surface area contributed by atoms with E-state index in [0.717, 1.165) is 0 Å². The van der Waals surface area contributed by atoms with E-state index in [9.17, 15) is 14.9 Å². The highest BCUT2D eigenvalue weighted by atomic mass is 79.9. The lowest BCUT2D eigenvalue weighted by Gasteiger charge is -2.09. The van der Waals surface area contributed by atoms with Gasteiger partial charge in [0.05, 0.1) is 33.5 Å². The van der Waals surface area contributed by atoms with Crippen LogP contribution in [0.1, 0.15) is 11.3 Å². The van der Waals surface area contributed by atoms with Crippen LogP contribution in [0, 0.1) is 17.0 Å². The Balaban J connectivity index is 2.49. The second kappa shape index (κ2) is 6.02. The van der Waals surface area contributed by atoms with E-state index in [2.05, 4.69) is 26.3 Å². The molecule has 9 heteroatoms. The number of pyridine rings is 2. The molecule has 110 valence electrons. The van der Waals surface area contributed by atoms with Crippen LogP contribution >= 0.6 is 15.9 Å². The van der Waals surface area contributed by atoms with Crippen LogP contribution in [0.25, 0.3) is 0 Å². The van der Waals surface area contributed by atoms with Crippen molar-refractivity contribution in [2.24, 2.45) is 5.84 Å². The SMILES string of the molecule is Cc1c([N+](=O)[O-])cn(Cc2cc(NN)ccn2)c(=O)c1Br. The average Bonchev–Trinajstić information content (AvgIpc) is 2.47. The third-order valence-electron chi connectivity index (χ3n) is 2.95. The van der Waals surface area contributed by atoms with Crippen molar-refractivity contribution in [3.8, 4) is 0 Å². The van der Waals surface area contributed by atoms with E-state index in [1.807, 2.05) is 0 Å². The van der Waals surface area contributed by atoms with Gasteiger partial charge in [-0.3, -0.25) is 25.7 Å². The molecule has 0 aliphatic rings. The van der Waals surface area contributed by atoms with Crippen LogP contribution in [0.4, 0.5) is 11.4 Å². The number of nitrogens with one attached hydrogen (secondary N) is 1. The lowest BCUT2D eigenvalue weighted by molar-refractivity contribution is -0.386. The van der Waals surface area contributed by atoms with Gasteiger partial charge in [0.1, 0.15) is 0 Å². The van der Waals surface area contributed by atoms with Crippen LogP contribution in [0.3, 0.4) is 0 Å². The van der Waals surface area contributed by atoms with Crippen molar-refractivity contribution in [1.82, 2.24) is 9.55 Å². The summed E-state index contributed by atoms with van der Waals surface area (Å²) in [6.07, 6.45) is 2.75. The highest BCUT2D eigenvalue weighted by Crippen LogP contribution is 2.22. The van der Waals surface area contributed by atoms with Gasteiger partial charge in [-0.05, 0) is 35.0 Å². The zero-order valence-electron chi connectivity index (χ0n) is 11.0. The number of aromatic nitrogens is 2. The van der Waals surface area contributed by atoms with Gasteiger partial charge in [0.15, 0.2) is 0 Å². The van der Waals surface area contributed by atoms with Crippen LogP contribution in [-0.4, -0.2) is 14.5 Å². The zero-order chi connectivity index (χ0) is 15.6. The molecule has 2 aromatic rings. The maximum absolute atomic E-state index is 12.1. The number of hydrogen-bond donors (Lipinski definition) is 2. The predicted molar refractivity (Wildman–Crippen MR) is 80.9 cm³/mol. The summed E-state index contributed by atoms with van der Waals surface area (Å²) in [4.78, 5) is 26.7. The molecule has 2 rings (SSSR count). The Labute approximate surface area is 127 Å². The number of nitrogen functional groups attached to an aromatic ring is 1. The zero-order valence-corrected chi connectivity index (χ0v) is 12.6. The first-order valence-corrected chi connectivity index (χ1v) is 6.68. The molecular weight excluding hydrogens is 342 g/mol. The quantitative estimate of drug-likeness (QED) is 0.489. The molecule has 0 aliphatic heterocycles. The molecule has 0 saturated carbocycles. The van der Waals surface area contributed by atoms with Crippen molar-refractivity contribution in [1.29, 1.82) is 0 Å². The number of halogens is 1. The highest BCUT2D eigenvalue weighted by Gasteiger charge is 2.18. The Hall–Kier alpha value is -2.26. The van der Waals surface area contributed by atoms with E-state index in [0.29, 0.717) is 16.9 Å². The maximum atomic E-state index is 12.1. The summed E-state index contributed by atoms with van der Waals surface area (Å²) >= 11 is 3.10. The van der Waals surface area contributed by atoms with Crippen molar-refractivity contribution < 1.29 is 4.92 Å². The van der Waals surface area contributed by atoms with Crippen molar-refractivity contribution in [3.05, 3.63) is 60.7 Å². The molecule has 2 heterocycles. The molecule has 0 saturated heterocycles. The van der Waals surface area contributed by atoms with Gasteiger partial charge in [-0.1, -0.05) is 0 Å². The number of rotatable bonds is 4. The Morgan fingerprint density at radius 3 is 2.90 bits per heavy atom. The lowest BCUT2D eigenvalue weighted by Crippen LogP contribution is -2.23. The summed E-state index contributed by atoms with van der Waals surface area (Å²) in [7, 11) is 0. The Bertz CT molecular complexity index is 759. The standard InChI is InChI=1S/C12H12BrN5O3/c1-7-10(18(20)21)6-17(12(19)11(7)13)5-9-4-8(16-14)2-3-15-9/h2-4,6H,5,14H2,1H3,(H,15,16). The first kappa shape index (κ1) is 15.1. The van der Waals surface area contributed by atoms with Crippen LogP contribution in [0.5, 0.6) is 0 Å². The van der Waals surface area contributed by atoms with Gasteiger partial charge in [0.25, 0.3) is 11.2 Å². The number of anilines is 1. The van der Waals surface area contributed by atoms with Crippen molar-refractivity contribution in [3.63, 3.8) is 0 Å². The van der Waals surface area contributed by atoms with Gasteiger partial charge in [-0.25, -0.2) is 0 Å². The van der Waals surface area contributed by atoms with E-state index in [1.165, 1.54) is 23.9 Å². The van der Waals surface area contributed by atoms with Gasteiger partial charge in [0, 0.05) is 11.8 Å². The molecule has 0 bridgehead atoms. The van der Waals surface area contributed by atoms with Gasteiger partial charge >= 0.3 is 0 Å². The van der Waals surface area contributed by atoms with Gasteiger partial charge in [-0.15, -0.1) is 0 Å². The molecule has 0 atom stereocenters. The second-order valence-corrected chi connectivity index (χ2v) is 5.12. The fourth-order valence-electron chi connectivity index (χ4n) is 1.83. The summed E-state index contributed by atoms with van der Waals surface area (Å²) < 4.78 is 1.41. The molecule has 0 amide bonds. The molecule has 3 N–H and O–H groups in total. The molecule has 0 aromatic carbocycles. The molecule has 0 fully saturated rings. The van der Waals surface area contributed by atoms with Crippen LogP contribution in [0.2, 0.25) is 0 Å². The first-order valence-electron chi connectivity index (χ1n) is 5.89. The molecule has 0 aliphatic carbocycles. The minimum atomic E-state index is -0.526. The van der Waals surface area contributed by atoms with Gasteiger partial charge < -0.3 is 9.99 Å². The second-order valence-electron chi connectivity index (χ2n) is 4.32. The van der Waals surface area contributed by atoms with Gasteiger partial charge in [0.2, 0.25) is 0 Å². The monoisotopic (exact) mass is 353 g/mol. The summed E-state index contributed by atoms with van der Waals surface area (Å²) in [6.45, 7) is 1.62. The van der Waals surface area contributed by atoms with Crippen LogP contribution in [0.15, 0.2) is 33.8 Å². The lowest BCUT2D eigenvalue weighted by atomic mass is 10.2. The van der Waals surface area contributed by atoms with Gasteiger partial charge in [-0.2, -0.15) is 0 Å². The normalized spacial score (nSPS) is 10.4. The summed E-state index contributed by atoms with van der Waals surface area (Å²) in [5.41, 5.74) is 3.47. The summed E-state index contributed by atoms with van der Waals surface area (Å²) in [5, 5.41) is 11.0. The van der Waals surface area contributed by atoms with Crippen LogP contribution in [-0.2, 0) is 6.54 Å². The van der Waals surface area contributed by atoms with Crippen molar-refractivity contribution in [2.45, 2.75) is 13.5 Å². The minimum Gasteiger partial charge on any atom is -0.324 e. The fraction of sp³-hybridized carbons (Fsp3) is 0.167. The number of nitro groups is 1. The van der Waals surface area contributed by atoms with E-state index in [4.69, 9.17) is 5.84 Å². The largest absolute Gasteiger partial charge is 0.324 e. The van der Waals surface area contributed by atoms with E-state index < -0.39 is 4.92 Å². The van der Waals surface area contributed by atoms with Crippen molar-refractivity contribution in [2.75, 3.05) is 5.43 Å². The summed E-state index contributed by atoms with van der Waals surface area (Å²) in [6, 6.07) is 3.33. The molecule has 0 spiro atoms. The first-order chi connectivity index (χ1) is 9.93.